The van der Waals surface area contributed by atoms with Crippen LogP contribution in [-0.4, -0.2) is 6.04 Å². The molecule has 0 radical (unpaired) electrons. The fourth-order valence-electron chi connectivity index (χ4n) is 1.52. The first-order valence-electron chi connectivity index (χ1n) is 5.35. The SMILES string of the molecule is CCC(CC)NCc1c(F)cccc1F. The Morgan fingerprint density at radius 2 is 1.67 bits per heavy atom. The Hall–Kier alpha value is -0.960. The first-order valence-corrected chi connectivity index (χ1v) is 5.35. The Balaban J connectivity index is 2.64. The van der Waals surface area contributed by atoms with Crippen LogP contribution >= 0.6 is 0 Å². The van der Waals surface area contributed by atoms with E-state index in [9.17, 15) is 8.78 Å². The third-order valence-electron chi connectivity index (χ3n) is 2.61. The zero-order valence-corrected chi connectivity index (χ0v) is 9.19. The van der Waals surface area contributed by atoms with Crippen molar-refractivity contribution in [2.75, 3.05) is 0 Å². The molecule has 0 aliphatic carbocycles. The summed E-state index contributed by atoms with van der Waals surface area (Å²) in [6.07, 6.45) is 1.93. The summed E-state index contributed by atoms with van der Waals surface area (Å²) in [5.74, 6) is -0.957. The number of hydrogen-bond acceptors (Lipinski definition) is 1. The lowest BCUT2D eigenvalue weighted by molar-refractivity contribution is 0.461. The van der Waals surface area contributed by atoms with Crippen LogP contribution in [0.25, 0.3) is 0 Å². The molecule has 0 fully saturated rings. The van der Waals surface area contributed by atoms with E-state index < -0.39 is 11.6 Å². The molecule has 15 heavy (non-hydrogen) atoms. The van der Waals surface area contributed by atoms with Gasteiger partial charge >= 0.3 is 0 Å². The molecule has 0 aliphatic rings. The summed E-state index contributed by atoms with van der Waals surface area (Å²) in [5.41, 5.74) is 0.129. The molecule has 0 saturated heterocycles. The normalized spacial score (nSPS) is 11.0. The highest BCUT2D eigenvalue weighted by Gasteiger charge is 2.09. The van der Waals surface area contributed by atoms with E-state index in [4.69, 9.17) is 0 Å². The van der Waals surface area contributed by atoms with Crippen molar-refractivity contribution in [3.8, 4) is 0 Å². The molecule has 84 valence electrons. The molecule has 0 atom stereocenters. The van der Waals surface area contributed by atoms with Crippen LogP contribution in [0.2, 0.25) is 0 Å². The molecule has 1 aromatic rings. The summed E-state index contributed by atoms with van der Waals surface area (Å²) in [4.78, 5) is 0. The molecule has 0 aromatic heterocycles. The number of benzene rings is 1. The molecule has 3 heteroatoms. The molecular weight excluding hydrogens is 196 g/mol. The maximum atomic E-state index is 13.2. The highest BCUT2D eigenvalue weighted by molar-refractivity contribution is 5.19. The Labute approximate surface area is 89.5 Å². The third kappa shape index (κ3) is 3.27. The van der Waals surface area contributed by atoms with Gasteiger partial charge in [-0.3, -0.25) is 0 Å². The minimum atomic E-state index is -0.478. The van der Waals surface area contributed by atoms with Crippen LogP contribution in [0.15, 0.2) is 18.2 Å². The lowest BCUT2D eigenvalue weighted by atomic mass is 10.1. The molecule has 0 heterocycles. The summed E-state index contributed by atoms with van der Waals surface area (Å²) in [5, 5.41) is 3.14. The zero-order valence-electron chi connectivity index (χ0n) is 9.19. The second-order valence-corrected chi connectivity index (χ2v) is 3.59. The van der Waals surface area contributed by atoms with E-state index in [2.05, 4.69) is 19.2 Å². The van der Waals surface area contributed by atoms with Crippen molar-refractivity contribution in [1.29, 1.82) is 0 Å². The standard InChI is InChI=1S/C12H17F2N/c1-3-9(4-2)15-8-10-11(13)6-5-7-12(10)14/h5-7,9,15H,3-4,8H2,1-2H3. The second kappa shape index (κ2) is 5.81. The van der Waals surface area contributed by atoms with Crippen molar-refractivity contribution in [3.63, 3.8) is 0 Å². The molecule has 0 spiro atoms. The Kier molecular flexibility index (Phi) is 4.69. The number of rotatable bonds is 5. The van der Waals surface area contributed by atoms with Gasteiger partial charge in [0.05, 0.1) is 0 Å². The van der Waals surface area contributed by atoms with Gasteiger partial charge in [-0.1, -0.05) is 19.9 Å². The molecule has 0 saturated carbocycles. The van der Waals surface area contributed by atoms with Crippen LogP contribution in [0.3, 0.4) is 0 Å². The maximum Gasteiger partial charge on any atom is 0.130 e. The molecule has 1 aromatic carbocycles. The van der Waals surface area contributed by atoms with E-state index in [1.165, 1.54) is 18.2 Å². The van der Waals surface area contributed by atoms with Crippen molar-refractivity contribution < 1.29 is 8.78 Å². The molecule has 1 nitrogen and oxygen atoms in total. The van der Waals surface area contributed by atoms with Crippen molar-refractivity contribution in [2.24, 2.45) is 0 Å². The monoisotopic (exact) mass is 213 g/mol. The molecule has 0 aliphatic heterocycles. The van der Waals surface area contributed by atoms with Gasteiger partial charge in [-0.2, -0.15) is 0 Å². The fraction of sp³-hybridized carbons (Fsp3) is 0.500. The Morgan fingerprint density at radius 1 is 1.13 bits per heavy atom. The van der Waals surface area contributed by atoms with Gasteiger partial charge in [0.1, 0.15) is 11.6 Å². The quantitative estimate of drug-likeness (QED) is 0.791. The highest BCUT2D eigenvalue weighted by Crippen LogP contribution is 2.12. The summed E-state index contributed by atoms with van der Waals surface area (Å²) < 4.78 is 26.5. The van der Waals surface area contributed by atoms with E-state index in [0.29, 0.717) is 6.04 Å². The summed E-state index contributed by atoms with van der Waals surface area (Å²) in [6, 6.07) is 4.27. The van der Waals surface area contributed by atoms with Gasteiger partial charge in [0.15, 0.2) is 0 Å². The highest BCUT2D eigenvalue weighted by atomic mass is 19.1. The molecular formula is C12H17F2N. The second-order valence-electron chi connectivity index (χ2n) is 3.59. The van der Waals surface area contributed by atoms with Gasteiger partial charge in [0.25, 0.3) is 0 Å². The predicted octanol–water partition coefficient (Wildman–Crippen LogP) is 3.24. The predicted molar refractivity (Wildman–Crippen MR) is 57.6 cm³/mol. The van der Waals surface area contributed by atoms with Gasteiger partial charge < -0.3 is 5.32 Å². The van der Waals surface area contributed by atoms with Crippen LogP contribution in [0, 0.1) is 11.6 Å². The van der Waals surface area contributed by atoms with Gasteiger partial charge in [-0.05, 0) is 25.0 Å². The average molecular weight is 213 g/mol. The largest absolute Gasteiger partial charge is 0.310 e. The number of nitrogens with one attached hydrogen (secondary N) is 1. The van der Waals surface area contributed by atoms with Crippen LogP contribution in [0.4, 0.5) is 8.78 Å². The third-order valence-corrected chi connectivity index (χ3v) is 2.61. The molecule has 0 unspecified atom stereocenters. The lowest BCUT2D eigenvalue weighted by Crippen LogP contribution is -2.27. The fourth-order valence-corrected chi connectivity index (χ4v) is 1.52. The molecule has 0 amide bonds. The van der Waals surface area contributed by atoms with Gasteiger partial charge in [-0.25, -0.2) is 8.78 Å². The van der Waals surface area contributed by atoms with Crippen molar-refractivity contribution in [3.05, 3.63) is 35.4 Å². The van der Waals surface area contributed by atoms with E-state index in [1.54, 1.807) is 0 Å². The van der Waals surface area contributed by atoms with E-state index >= 15 is 0 Å². The minimum absolute atomic E-state index is 0.129. The summed E-state index contributed by atoms with van der Waals surface area (Å²) in [7, 11) is 0. The first kappa shape index (κ1) is 12.1. The smallest absolute Gasteiger partial charge is 0.130 e. The van der Waals surface area contributed by atoms with Gasteiger partial charge in [-0.15, -0.1) is 0 Å². The van der Waals surface area contributed by atoms with Crippen LogP contribution < -0.4 is 5.32 Å². The number of halogens is 2. The average Bonchev–Trinajstić information content (AvgIpc) is 2.23. The van der Waals surface area contributed by atoms with E-state index in [1.807, 2.05) is 0 Å². The topological polar surface area (TPSA) is 12.0 Å². The van der Waals surface area contributed by atoms with Crippen LogP contribution in [0.1, 0.15) is 32.3 Å². The first-order chi connectivity index (χ1) is 7.19. The number of hydrogen-bond donors (Lipinski definition) is 1. The van der Waals surface area contributed by atoms with Crippen molar-refractivity contribution >= 4 is 0 Å². The van der Waals surface area contributed by atoms with Crippen molar-refractivity contribution in [2.45, 2.75) is 39.3 Å². The van der Waals surface area contributed by atoms with Crippen molar-refractivity contribution in [1.82, 2.24) is 5.32 Å². The van der Waals surface area contributed by atoms with Gasteiger partial charge in [0, 0.05) is 18.2 Å². The zero-order chi connectivity index (χ0) is 11.3. The maximum absolute atomic E-state index is 13.2. The van der Waals surface area contributed by atoms with Crippen LogP contribution in [0.5, 0.6) is 0 Å². The van der Waals surface area contributed by atoms with E-state index in [0.717, 1.165) is 12.8 Å². The Morgan fingerprint density at radius 3 is 2.13 bits per heavy atom. The van der Waals surface area contributed by atoms with Gasteiger partial charge in [0.2, 0.25) is 0 Å². The molecule has 0 bridgehead atoms. The summed E-state index contributed by atoms with van der Waals surface area (Å²) in [6.45, 7) is 4.36. The molecule has 1 N–H and O–H groups in total. The Bertz CT molecular complexity index is 288. The minimum Gasteiger partial charge on any atom is -0.310 e. The summed E-state index contributed by atoms with van der Waals surface area (Å²) >= 11 is 0. The lowest BCUT2D eigenvalue weighted by Gasteiger charge is -2.15. The van der Waals surface area contributed by atoms with Crippen LogP contribution in [-0.2, 0) is 6.54 Å². The van der Waals surface area contributed by atoms with E-state index in [-0.39, 0.29) is 12.1 Å². The molecule has 1 rings (SSSR count).